The van der Waals surface area contributed by atoms with Gasteiger partial charge in [-0.1, -0.05) is 48.5 Å². The number of phenols is 4. The van der Waals surface area contributed by atoms with Crippen molar-refractivity contribution < 1.29 is 209 Å². The SMILES string of the molecule is O=C(Nc1ccc2c(O)c(N=Nc3ccc4cc(S(=O)(=O)O)ccc4c3)c(S(=O)(=O)[O-])cc2c1)Nc1ccc2c(O)c(N=Nc3ccc4cc(S(=O)(=O)O)ccc4c3)c(S(=O)(=O)[O-])cc2c1.O=C(Nc1ccc2c(O)c(N=Nc3ccc4cc(S(=O)(=O)O)ccc4c3)c(S(=O)(=O)[O-])cc2c1)Nc1ccc2c(O)c(N=Nc3ccc4cc(S(=O)(=O)O)ccc4c3)c(S(=O)(=O)[O-])cc2c1.[Li+].[Li+].[Li+].[Li+]. The molecule has 136 heavy (non-hydrogen) atoms. The first-order chi connectivity index (χ1) is 61.8. The maximum absolute atomic E-state index is 13.1. The fraction of sp³-hybridized carbons (Fsp3) is 0. The molecule has 0 unspecified atom stereocenters. The number of nitrogens with zero attached hydrogens (tertiary/aromatic N) is 8. The van der Waals surface area contributed by atoms with Crippen molar-refractivity contribution in [2.24, 2.45) is 40.9 Å². The van der Waals surface area contributed by atoms with Crippen LogP contribution in [0.15, 0.2) is 323 Å². The summed E-state index contributed by atoms with van der Waals surface area (Å²) in [6.45, 7) is 0. The van der Waals surface area contributed by atoms with Gasteiger partial charge in [-0.15, -0.1) is 20.5 Å². The van der Waals surface area contributed by atoms with Gasteiger partial charge in [0.25, 0.3) is 40.5 Å². The summed E-state index contributed by atoms with van der Waals surface area (Å²) in [5.41, 5.74) is -2.10. The molecule has 0 radical (unpaired) electrons. The van der Waals surface area contributed by atoms with Crippen LogP contribution in [0.1, 0.15) is 0 Å². The van der Waals surface area contributed by atoms with Gasteiger partial charge in [0.2, 0.25) is 0 Å². The summed E-state index contributed by atoms with van der Waals surface area (Å²) in [4.78, 5) is 21.1. The van der Waals surface area contributed by atoms with Crippen molar-refractivity contribution >= 4 is 247 Å². The van der Waals surface area contributed by atoms with Crippen molar-refractivity contribution in [1.82, 2.24) is 0 Å². The number of urea groups is 2. The second kappa shape index (κ2) is 39.6. The molecule has 672 valence electrons. The van der Waals surface area contributed by atoms with E-state index in [0.717, 1.165) is 48.5 Å². The molecule has 0 bridgehead atoms. The first-order valence-electron chi connectivity index (χ1n) is 36.8. The molecule has 16 rings (SSSR count). The number of aromatic hydroxyl groups is 4. The molecule has 0 spiro atoms. The summed E-state index contributed by atoms with van der Waals surface area (Å²) in [5.74, 6) is -2.96. The molecule has 0 aliphatic heterocycles. The number of rotatable bonds is 20. The maximum atomic E-state index is 13.1. The van der Waals surface area contributed by atoms with Crippen molar-refractivity contribution in [1.29, 1.82) is 0 Å². The zero-order valence-corrected chi connectivity index (χ0v) is 76.0. The molecule has 0 fully saturated rings. The van der Waals surface area contributed by atoms with Crippen LogP contribution in [0.2, 0.25) is 0 Å². The molecule has 16 aromatic rings. The number of carbonyl (C=O) groups is 2. The standard InChI is InChI=1S/2C41H28N6O15S4.4Li/c2*48-39-33-11-7-27(15-25(33)19-35(65(57,58)59)37(39)46-44-29-5-1-23-17-31(63(51,52)53)9-3-21(23)13-29)42-41(50)43-28-8-12-34-26(16-28)20-36(66(60,61)62)38(40(34)49)47-45-30-6-2-24-18-32(64(54,55)56)10-4-22(24)14-30;;;;/h2*1-20,48-49H,(H2,42,43,50)(H,51,52,53)(H,54,55,56)(H,57,58,59)(H,60,61,62);;;;/q;;4*+1/p-4. The fourth-order valence-electron chi connectivity index (χ4n) is 13.6. The Hall–Kier alpha value is -12.6. The largest absolute Gasteiger partial charge is 1.00 e. The van der Waals surface area contributed by atoms with E-state index in [4.69, 9.17) is 0 Å². The van der Waals surface area contributed by atoms with Gasteiger partial charge < -0.3 is 59.9 Å². The molecule has 0 saturated heterocycles. The Labute approximate surface area is 816 Å². The van der Waals surface area contributed by atoms with Crippen LogP contribution in [0.25, 0.3) is 86.2 Å². The van der Waals surface area contributed by atoms with E-state index >= 15 is 0 Å². The van der Waals surface area contributed by atoms with Crippen LogP contribution in [0.4, 0.5) is 77.8 Å². The zero-order valence-electron chi connectivity index (χ0n) is 69.5. The molecular formula is C82H52Li4N12O30S8. The number of hydrogen-bond donors (Lipinski definition) is 12. The summed E-state index contributed by atoms with van der Waals surface area (Å²) in [6.07, 6.45) is 0. The van der Waals surface area contributed by atoms with Gasteiger partial charge in [-0.2, -0.15) is 54.1 Å². The summed E-state index contributed by atoms with van der Waals surface area (Å²) in [7, 11) is -39.1. The number of fused-ring (bicyclic) bond motifs is 8. The molecular weight excluding hydrogens is 1920 g/mol. The monoisotopic (exact) mass is 1970 g/mol. The molecule has 12 N–H and O–H groups in total. The number of anilines is 4. The van der Waals surface area contributed by atoms with Gasteiger partial charge in [-0.25, -0.2) is 43.3 Å². The van der Waals surface area contributed by atoms with E-state index in [2.05, 4.69) is 62.2 Å². The number of carbonyl (C=O) groups excluding carboxylic acids is 2. The molecule has 0 atom stereocenters. The average molecular weight is 1970 g/mol. The van der Waals surface area contributed by atoms with Gasteiger partial charge in [-0.3, -0.25) is 18.2 Å². The van der Waals surface area contributed by atoms with Crippen molar-refractivity contribution in [3.63, 3.8) is 0 Å². The maximum Gasteiger partial charge on any atom is 1.00 e. The van der Waals surface area contributed by atoms with E-state index in [-0.39, 0.29) is 184 Å². The van der Waals surface area contributed by atoms with Crippen molar-refractivity contribution in [2.75, 3.05) is 21.3 Å². The number of benzene rings is 16. The molecule has 0 heterocycles. The van der Waals surface area contributed by atoms with Gasteiger partial charge in [0.05, 0.1) is 61.9 Å². The molecule has 0 aliphatic rings. The molecule has 54 heteroatoms. The average Bonchev–Trinajstić information content (AvgIpc) is 0.768. The first-order valence-corrected chi connectivity index (χ1v) is 48.1. The summed E-state index contributed by atoms with van der Waals surface area (Å²) in [6, 6.07) is 49.6. The smallest absolute Gasteiger partial charge is 0.744 e. The molecule has 4 amide bonds. The van der Waals surface area contributed by atoms with E-state index in [1.165, 1.54) is 194 Å². The van der Waals surface area contributed by atoms with Gasteiger partial charge in [0, 0.05) is 44.3 Å². The van der Waals surface area contributed by atoms with Crippen LogP contribution < -0.4 is 96.7 Å². The minimum atomic E-state index is -5.30. The minimum absolute atomic E-state index is 0. The van der Waals surface area contributed by atoms with Crippen molar-refractivity contribution in [2.45, 2.75) is 39.2 Å². The van der Waals surface area contributed by atoms with E-state index in [0.29, 0.717) is 43.1 Å². The summed E-state index contributed by atoms with van der Waals surface area (Å²) in [5, 5.41) is 89.1. The van der Waals surface area contributed by atoms with E-state index in [9.17, 15) is 134 Å². The molecule has 16 aromatic carbocycles. The van der Waals surface area contributed by atoms with E-state index in [1.807, 2.05) is 0 Å². The summed E-state index contributed by atoms with van der Waals surface area (Å²) < 4.78 is 278. The van der Waals surface area contributed by atoms with Crippen molar-refractivity contribution in [3.05, 3.63) is 243 Å². The Morgan fingerprint density at radius 1 is 0.221 bits per heavy atom. The van der Waals surface area contributed by atoms with Gasteiger partial charge in [0.15, 0.2) is 23.0 Å². The first kappa shape index (κ1) is 104. The van der Waals surface area contributed by atoms with Crippen LogP contribution in [0, 0.1) is 0 Å². The Balaban J connectivity index is 0.000000254. The number of amides is 4. The Bertz CT molecular complexity index is 7910. The van der Waals surface area contributed by atoms with Crippen LogP contribution >= 0.6 is 0 Å². The third-order valence-electron chi connectivity index (χ3n) is 19.7. The normalized spacial score (nSPS) is 12.4. The quantitative estimate of drug-likeness (QED) is 0.0271. The molecule has 42 nitrogen and oxygen atoms in total. The van der Waals surface area contributed by atoms with Crippen LogP contribution in [-0.2, 0) is 80.9 Å². The van der Waals surface area contributed by atoms with Crippen LogP contribution in [0.5, 0.6) is 23.0 Å². The van der Waals surface area contributed by atoms with E-state index in [1.54, 1.807) is 0 Å². The van der Waals surface area contributed by atoms with Gasteiger partial charge in [-0.05, 0) is 259 Å². The molecule has 0 aliphatic carbocycles. The number of azo groups is 4. The Morgan fingerprint density at radius 3 is 0.574 bits per heavy atom. The predicted molar refractivity (Wildman–Crippen MR) is 471 cm³/mol. The second-order valence-corrected chi connectivity index (χ2v) is 39.6. The number of hydrogen-bond acceptors (Lipinski definition) is 34. The second-order valence-electron chi connectivity index (χ2n) is 28.5. The Kier molecular flexibility index (Phi) is 30.3. The zero-order chi connectivity index (χ0) is 95.0. The molecule has 0 saturated carbocycles. The topological polar surface area (TPSA) is 708 Å². The van der Waals surface area contributed by atoms with Gasteiger partial charge >= 0.3 is 87.5 Å². The van der Waals surface area contributed by atoms with Crippen molar-refractivity contribution in [3.8, 4) is 23.0 Å². The molecule has 0 aromatic heterocycles. The van der Waals surface area contributed by atoms with E-state index < -0.39 is 158 Å². The minimum Gasteiger partial charge on any atom is -0.744 e. The van der Waals surface area contributed by atoms with Crippen LogP contribution in [0.3, 0.4) is 0 Å². The number of phenolic OH excluding ortho intramolecular Hbond substituents is 4. The Morgan fingerprint density at radius 2 is 0.397 bits per heavy atom. The van der Waals surface area contributed by atoms with Gasteiger partial charge in [0.1, 0.15) is 63.2 Å². The predicted octanol–water partition coefficient (Wildman–Crippen LogP) is 4.99. The number of nitrogens with one attached hydrogen (secondary N) is 4. The summed E-state index contributed by atoms with van der Waals surface area (Å²) >= 11 is 0. The third-order valence-corrected chi connectivity index (χ3v) is 26.5. The fourth-order valence-corrected chi connectivity index (χ4v) is 18.3. The third kappa shape index (κ3) is 23.2. The van der Waals surface area contributed by atoms with Crippen LogP contribution in [-0.4, -0.2) is 136 Å².